The van der Waals surface area contributed by atoms with Crippen molar-refractivity contribution in [1.82, 2.24) is 0 Å². The topological polar surface area (TPSA) is 9.23 Å². The number of benzene rings is 1. The van der Waals surface area contributed by atoms with Crippen LogP contribution in [-0.4, -0.2) is 13.7 Å². The zero-order chi connectivity index (χ0) is 9.94. The molecule has 0 amide bonds. The van der Waals surface area contributed by atoms with Crippen LogP contribution in [0.2, 0.25) is 0 Å². The Kier molecular flexibility index (Phi) is 8.26. The summed E-state index contributed by atoms with van der Waals surface area (Å²) in [5.74, 6) is 0. The summed E-state index contributed by atoms with van der Waals surface area (Å²) in [6.07, 6.45) is 2.76. The zero-order valence-corrected chi connectivity index (χ0v) is 8.49. The molecule has 13 heavy (non-hydrogen) atoms. The Morgan fingerprint density at radius 2 is 1.85 bits per heavy atom. The van der Waals surface area contributed by atoms with Gasteiger partial charge in [0, 0.05) is 7.11 Å². The fraction of sp³-hybridized carbons (Fsp3) is 0.333. The average Bonchev–Trinajstić information content (AvgIpc) is 2.18. The van der Waals surface area contributed by atoms with Gasteiger partial charge < -0.3 is 4.74 Å². The molecule has 1 heteroatoms. The molecule has 1 aromatic carbocycles. The van der Waals surface area contributed by atoms with E-state index in [1.807, 2.05) is 25.1 Å². The van der Waals surface area contributed by atoms with Crippen LogP contribution in [0.15, 0.2) is 43.0 Å². The molecule has 0 atom stereocenters. The molecule has 0 bridgehead atoms. The predicted molar refractivity (Wildman–Crippen MR) is 57.9 cm³/mol. The summed E-state index contributed by atoms with van der Waals surface area (Å²) in [4.78, 5) is 0. The summed E-state index contributed by atoms with van der Waals surface area (Å²) < 4.78 is 4.95. The Labute approximate surface area is 81.1 Å². The lowest BCUT2D eigenvalue weighted by Gasteiger charge is -1.97. The monoisotopic (exact) mass is 178 g/mol. The Balaban J connectivity index is 0.000000424. The summed E-state index contributed by atoms with van der Waals surface area (Å²) in [5, 5.41) is 0. The smallest absolute Gasteiger partial charge is 0.0502 e. The molecule has 0 spiro atoms. The van der Waals surface area contributed by atoms with Crippen LogP contribution in [0.3, 0.4) is 0 Å². The lowest BCUT2D eigenvalue weighted by atomic mass is 10.2. The molecule has 0 fully saturated rings. The van der Waals surface area contributed by atoms with Gasteiger partial charge in [0.2, 0.25) is 0 Å². The largest absolute Gasteiger partial charge is 0.384 e. The Bertz CT molecular complexity index is 204. The molecule has 0 aromatic heterocycles. The highest BCUT2D eigenvalue weighted by atomic mass is 16.5. The van der Waals surface area contributed by atoms with Crippen molar-refractivity contribution < 1.29 is 4.74 Å². The molecule has 0 saturated carbocycles. The SMILES string of the molecule is C=CC.COCCc1ccccc1. The molecule has 0 heterocycles. The average molecular weight is 178 g/mol. The van der Waals surface area contributed by atoms with Crippen molar-refractivity contribution in [2.75, 3.05) is 13.7 Å². The van der Waals surface area contributed by atoms with Crippen molar-refractivity contribution in [2.45, 2.75) is 13.3 Å². The molecule has 0 N–H and O–H groups in total. The van der Waals surface area contributed by atoms with Gasteiger partial charge in [-0.05, 0) is 18.9 Å². The minimum absolute atomic E-state index is 0.810. The van der Waals surface area contributed by atoms with Crippen LogP contribution in [0.5, 0.6) is 0 Å². The van der Waals surface area contributed by atoms with Crippen LogP contribution in [-0.2, 0) is 11.2 Å². The molecule has 0 unspecified atom stereocenters. The molecule has 1 aromatic rings. The second kappa shape index (κ2) is 9.01. The van der Waals surface area contributed by atoms with E-state index in [1.54, 1.807) is 13.2 Å². The van der Waals surface area contributed by atoms with E-state index in [1.165, 1.54) is 5.56 Å². The quantitative estimate of drug-likeness (QED) is 0.646. The second-order valence-corrected chi connectivity index (χ2v) is 2.64. The van der Waals surface area contributed by atoms with Gasteiger partial charge in [-0.1, -0.05) is 36.4 Å². The first kappa shape index (κ1) is 11.9. The fourth-order valence-electron chi connectivity index (χ4n) is 0.865. The van der Waals surface area contributed by atoms with E-state index >= 15 is 0 Å². The first-order valence-electron chi connectivity index (χ1n) is 4.45. The summed E-state index contributed by atoms with van der Waals surface area (Å²) in [5.41, 5.74) is 1.34. The number of hydrogen-bond acceptors (Lipinski definition) is 1. The van der Waals surface area contributed by atoms with Crippen molar-refractivity contribution in [3.05, 3.63) is 48.6 Å². The molecule has 1 rings (SSSR count). The lowest BCUT2D eigenvalue weighted by molar-refractivity contribution is 0.202. The van der Waals surface area contributed by atoms with Crippen molar-refractivity contribution in [3.8, 4) is 0 Å². The van der Waals surface area contributed by atoms with E-state index in [0.29, 0.717) is 0 Å². The van der Waals surface area contributed by atoms with Crippen molar-refractivity contribution in [3.63, 3.8) is 0 Å². The number of hydrogen-bond donors (Lipinski definition) is 0. The maximum absolute atomic E-state index is 4.95. The molecular formula is C12H18O. The van der Waals surface area contributed by atoms with Crippen molar-refractivity contribution in [1.29, 1.82) is 0 Å². The molecular weight excluding hydrogens is 160 g/mol. The zero-order valence-electron chi connectivity index (χ0n) is 8.49. The Morgan fingerprint density at radius 3 is 2.31 bits per heavy atom. The van der Waals surface area contributed by atoms with Gasteiger partial charge in [-0.25, -0.2) is 0 Å². The highest BCUT2D eigenvalue weighted by Crippen LogP contribution is 1.98. The Hall–Kier alpha value is -1.08. The van der Waals surface area contributed by atoms with E-state index in [-0.39, 0.29) is 0 Å². The van der Waals surface area contributed by atoms with Crippen LogP contribution in [0.4, 0.5) is 0 Å². The normalized spacial score (nSPS) is 8.46. The van der Waals surface area contributed by atoms with Gasteiger partial charge in [0.25, 0.3) is 0 Å². The number of rotatable bonds is 3. The van der Waals surface area contributed by atoms with E-state index in [2.05, 4.69) is 18.7 Å². The third-order valence-corrected chi connectivity index (χ3v) is 1.44. The number of ether oxygens (including phenoxy) is 1. The van der Waals surface area contributed by atoms with E-state index in [9.17, 15) is 0 Å². The fourth-order valence-corrected chi connectivity index (χ4v) is 0.865. The van der Waals surface area contributed by atoms with Gasteiger partial charge in [-0.15, -0.1) is 6.58 Å². The highest BCUT2D eigenvalue weighted by molar-refractivity contribution is 5.14. The third-order valence-electron chi connectivity index (χ3n) is 1.44. The molecule has 0 aliphatic carbocycles. The molecule has 0 saturated heterocycles. The van der Waals surface area contributed by atoms with Crippen molar-refractivity contribution >= 4 is 0 Å². The standard InChI is InChI=1S/C9H12O.C3H6/c1-10-8-7-9-5-3-2-4-6-9;1-3-2/h2-6H,7-8H2,1H3;3H,1H2,2H3. The minimum atomic E-state index is 0.810. The van der Waals surface area contributed by atoms with Gasteiger partial charge >= 0.3 is 0 Å². The summed E-state index contributed by atoms with van der Waals surface area (Å²) >= 11 is 0. The maximum atomic E-state index is 4.95. The van der Waals surface area contributed by atoms with Gasteiger partial charge in [-0.2, -0.15) is 0 Å². The minimum Gasteiger partial charge on any atom is -0.384 e. The van der Waals surface area contributed by atoms with Crippen LogP contribution < -0.4 is 0 Å². The molecule has 0 radical (unpaired) electrons. The Morgan fingerprint density at radius 1 is 1.31 bits per heavy atom. The number of allylic oxidation sites excluding steroid dienone is 1. The van der Waals surface area contributed by atoms with Gasteiger partial charge in [0.05, 0.1) is 6.61 Å². The maximum Gasteiger partial charge on any atom is 0.0502 e. The summed E-state index contributed by atoms with van der Waals surface area (Å²) in [6.45, 7) is 6.06. The third kappa shape index (κ3) is 7.29. The van der Waals surface area contributed by atoms with Crippen LogP contribution >= 0.6 is 0 Å². The molecule has 1 nitrogen and oxygen atoms in total. The molecule has 0 aliphatic rings. The second-order valence-electron chi connectivity index (χ2n) is 2.64. The van der Waals surface area contributed by atoms with Gasteiger partial charge in [-0.3, -0.25) is 0 Å². The first-order chi connectivity index (χ1) is 6.35. The molecule has 72 valence electrons. The van der Waals surface area contributed by atoms with Crippen LogP contribution in [0, 0.1) is 0 Å². The molecule has 0 aliphatic heterocycles. The van der Waals surface area contributed by atoms with Crippen LogP contribution in [0.1, 0.15) is 12.5 Å². The van der Waals surface area contributed by atoms with E-state index in [0.717, 1.165) is 13.0 Å². The lowest BCUT2D eigenvalue weighted by Crippen LogP contribution is -1.92. The number of methoxy groups -OCH3 is 1. The van der Waals surface area contributed by atoms with Crippen molar-refractivity contribution in [2.24, 2.45) is 0 Å². The summed E-state index contributed by atoms with van der Waals surface area (Å²) in [6, 6.07) is 10.3. The first-order valence-corrected chi connectivity index (χ1v) is 4.45. The highest BCUT2D eigenvalue weighted by Gasteiger charge is 1.87. The van der Waals surface area contributed by atoms with Gasteiger partial charge in [0.15, 0.2) is 0 Å². The van der Waals surface area contributed by atoms with Crippen LogP contribution in [0.25, 0.3) is 0 Å². The predicted octanol–water partition coefficient (Wildman–Crippen LogP) is 3.07. The van der Waals surface area contributed by atoms with E-state index in [4.69, 9.17) is 4.74 Å². The van der Waals surface area contributed by atoms with E-state index < -0.39 is 0 Å². The van der Waals surface area contributed by atoms with Gasteiger partial charge in [0.1, 0.15) is 0 Å². The summed E-state index contributed by atoms with van der Waals surface area (Å²) in [7, 11) is 1.73.